The van der Waals surface area contributed by atoms with E-state index in [1.54, 1.807) is 18.5 Å². The highest BCUT2D eigenvalue weighted by molar-refractivity contribution is 7.17. The van der Waals surface area contributed by atoms with Gasteiger partial charge in [-0.15, -0.1) is 11.3 Å². The summed E-state index contributed by atoms with van der Waals surface area (Å²) in [5, 5.41) is 17.7. The lowest BCUT2D eigenvalue weighted by Crippen LogP contribution is -2.16. The summed E-state index contributed by atoms with van der Waals surface area (Å²) in [6.07, 6.45) is 5.07. The van der Waals surface area contributed by atoms with Crippen molar-refractivity contribution in [2.75, 3.05) is 11.9 Å². The van der Waals surface area contributed by atoms with Gasteiger partial charge in [0, 0.05) is 10.4 Å². The van der Waals surface area contributed by atoms with Crippen molar-refractivity contribution in [2.45, 2.75) is 39.5 Å². The fourth-order valence-corrected chi connectivity index (χ4v) is 5.55. The predicted molar refractivity (Wildman–Crippen MR) is 132 cm³/mol. The molecule has 34 heavy (non-hydrogen) atoms. The minimum Gasteiger partial charge on any atom is -0.462 e. The van der Waals surface area contributed by atoms with Crippen molar-refractivity contribution in [3.8, 4) is 11.8 Å². The maximum atomic E-state index is 13.1. The fraction of sp³-hybridized carbons (Fsp3) is 0.280. The van der Waals surface area contributed by atoms with E-state index >= 15 is 0 Å². The van der Waals surface area contributed by atoms with E-state index in [-0.39, 0.29) is 12.2 Å². The molecule has 1 aliphatic carbocycles. The van der Waals surface area contributed by atoms with Crippen molar-refractivity contribution in [2.24, 2.45) is 0 Å². The first-order valence-electron chi connectivity index (χ1n) is 11.0. The van der Waals surface area contributed by atoms with Crippen LogP contribution in [0.25, 0.3) is 11.8 Å². The zero-order valence-electron chi connectivity index (χ0n) is 18.9. The van der Waals surface area contributed by atoms with Crippen LogP contribution in [0.5, 0.6) is 0 Å². The lowest BCUT2D eigenvalue weighted by Gasteiger charge is -2.12. The third kappa shape index (κ3) is 4.63. The molecule has 0 aliphatic heterocycles. The Kier molecular flexibility index (Phi) is 7.15. The van der Waals surface area contributed by atoms with E-state index in [0.717, 1.165) is 41.8 Å². The first-order chi connectivity index (χ1) is 16.4. The van der Waals surface area contributed by atoms with Gasteiger partial charge in [-0.2, -0.15) is 10.4 Å². The van der Waals surface area contributed by atoms with Crippen molar-refractivity contribution in [1.29, 1.82) is 5.26 Å². The number of halogens is 1. The summed E-state index contributed by atoms with van der Waals surface area (Å²) in [6, 6.07) is 11.3. The van der Waals surface area contributed by atoms with Crippen molar-refractivity contribution in [1.82, 2.24) is 9.78 Å². The van der Waals surface area contributed by atoms with Crippen LogP contribution in [0.15, 0.2) is 35.9 Å². The number of para-hydroxylation sites is 1. The van der Waals surface area contributed by atoms with Crippen molar-refractivity contribution in [3.05, 3.63) is 68.3 Å². The van der Waals surface area contributed by atoms with E-state index in [1.165, 1.54) is 17.4 Å². The Morgan fingerprint density at radius 1 is 1.29 bits per heavy atom. The molecule has 1 amide bonds. The van der Waals surface area contributed by atoms with E-state index < -0.39 is 11.9 Å². The molecule has 2 aromatic heterocycles. The number of amides is 1. The van der Waals surface area contributed by atoms with Crippen molar-refractivity contribution in [3.63, 3.8) is 0 Å². The monoisotopic (exact) mass is 494 g/mol. The minimum atomic E-state index is -0.616. The summed E-state index contributed by atoms with van der Waals surface area (Å²) in [7, 11) is 0. The van der Waals surface area contributed by atoms with E-state index in [4.69, 9.17) is 16.3 Å². The molecule has 9 heteroatoms. The Balaban J connectivity index is 1.67. The lowest BCUT2D eigenvalue weighted by atomic mass is 9.95. The topological polar surface area (TPSA) is 97.0 Å². The van der Waals surface area contributed by atoms with Gasteiger partial charge in [0.1, 0.15) is 21.8 Å². The van der Waals surface area contributed by atoms with E-state index in [2.05, 4.69) is 10.4 Å². The molecule has 0 radical (unpaired) electrons. The molecule has 0 spiro atoms. The predicted octanol–water partition coefficient (Wildman–Crippen LogP) is 5.50. The molecule has 1 N–H and O–H groups in total. The number of esters is 1. The van der Waals surface area contributed by atoms with Crippen molar-refractivity contribution >= 4 is 45.9 Å². The number of nitrogens with one attached hydrogen (secondary N) is 1. The van der Waals surface area contributed by atoms with Crippen LogP contribution in [0, 0.1) is 18.3 Å². The van der Waals surface area contributed by atoms with E-state index in [9.17, 15) is 14.9 Å². The minimum absolute atomic E-state index is 0.140. The standard InChI is InChI=1S/C25H23ClN4O3S/c1-3-33-25(32)21-18-11-7-8-12-20(18)34-24(21)28-23(31)16(14-27)13-19-15(2)29-30(22(19)26)17-9-5-4-6-10-17/h4-6,9-10,13H,3,7-8,11-12H2,1-2H3,(H,28,31)/b16-13+. The zero-order valence-corrected chi connectivity index (χ0v) is 20.4. The van der Waals surface area contributed by atoms with E-state index in [1.807, 2.05) is 36.4 Å². The molecule has 4 rings (SSSR count). The van der Waals surface area contributed by atoms with Crippen LogP contribution in [-0.4, -0.2) is 28.3 Å². The summed E-state index contributed by atoms with van der Waals surface area (Å²) in [5.74, 6) is -1.07. The van der Waals surface area contributed by atoms with Crippen LogP contribution < -0.4 is 5.32 Å². The van der Waals surface area contributed by atoms with Crippen LogP contribution in [0.1, 0.15) is 51.8 Å². The number of ether oxygens (including phenoxy) is 1. The number of nitrogens with zero attached hydrogens (tertiary/aromatic N) is 3. The SMILES string of the molecule is CCOC(=O)c1c(NC(=O)/C(C#N)=C/c2c(C)nn(-c3ccccc3)c2Cl)sc2c1CCCC2. The normalized spacial score (nSPS) is 13.2. The maximum absolute atomic E-state index is 13.1. The summed E-state index contributed by atoms with van der Waals surface area (Å²) in [5.41, 5.74) is 3.02. The van der Waals surface area contributed by atoms with Crippen LogP contribution in [0.2, 0.25) is 5.15 Å². The first-order valence-corrected chi connectivity index (χ1v) is 12.2. The van der Waals surface area contributed by atoms with Gasteiger partial charge in [-0.25, -0.2) is 9.48 Å². The molecule has 1 aromatic carbocycles. The van der Waals surface area contributed by atoms with Gasteiger partial charge in [0.2, 0.25) is 0 Å². The highest BCUT2D eigenvalue weighted by atomic mass is 35.5. The molecule has 3 aromatic rings. The first kappa shape index (κ1) is 23.7. The summed E-state index contributed by atoms with van der Waals surface area (Å²) < 4.78 is 6.80. The van der Waals surface area contributed by atoms with Gasteiger partial charge in [0.05, 0.1) is 23.6 Å². The fourth-order valence-electron chi connectivity index (χ4n) is 3.95. The van der Waals surface area contributed by atoms with Gasteiger partial charge < -0.3 is 10.1 Å². The molecule has 0 saturated carbocycles. The Morgan fingerprint density at radius 3 is 2.74 bits per heavy atom. The molecule has 0 bridgehead atoms. The number of carbonyl (C=O) groups is 2. The maximum Gasteiger partial charge on any atom is 0.341 e. The van der Waals surface area contributed by atoms with Gasteiger partial charge in [0.15, 0.2) is 0 Å². The lowest BCUT2D eigenvalue weighted by molar-refractivity contribution is -0.112. The highest BCUT2D eigenvalue weighted by Crippen LogP contribution is 2.39. The second-order valence-corrected chi connectivity index (χ2v) is 9.26. The third-order valence-electron chi connectivity index (χ3n) is 5.58. The van der Waals surface area contributed by atoms with Crippen LogP contribution in [0.3, 0.4) is 0 Å². The number of carbonyl (C=O) groups excluding carboxylic acids is 2. The zero-order chi connectivity index (χ0) is 24.2. The number of aromatic nitrogens is 2. The molecule has 7 nitrogen and oxygen atoms in total. The Hall–Kier alpha value is -3.41. The van der Waals surface area contributed by atoms with Gasteiger partial charge in [0.25, 0.3) is 5.91 Å². The average Bonchev–Trinajstić information content (AvgIpc) is 3.34. The number of thiophene rings is 1. The van der Waals surface area contributed by atoms with E-state index in [0.29, 0.717) is 27.0 Å². The molecule has 2 heterocycles. The summed E-state index contributed by atoms with van der Waals surface area (Å²) in [4.78, 5) is 26.8. The number of anilines is 1. The van der Waals surface area contributed by atoms with Gasteiger partial charge in [-0.05, 0) is 63.3 Å². The third-order valence-corrected chi connectivity index (χ3v) is 7.15. The Bertz CT molecular complexity index is 1320. The largest absolute Gasteiger partial charge is 0.462 e. The summed E-state index contributed by atoms with van der Waals surface area (Å²) >= 11 is 7.93. The molecular formula is C25H23ClN4O3S. The summed E-state index contributed by atoms with van der Waals surface area (Å²) in [6.45, 7) is 3.74. The number of nitriles is 1. The average molecular weight is 495 g/mol. The molecule has 0 atom stereocenters. The molecule has 0 saturated heterocycles. The van der Waals surface area contributed by atoms with Gasteiger partial charge >= 0.3 is 5.97 Å². The molecule has 1 aliphatic rings. The van der Waals surface area contributed by atoms with Crippen LogP contribution in [-0.2, 0) is 22.4 Å². The number of aryl methyl sites for hydroxylation is 2. The van der Waals surface area contributed by atoms with Gasteiger partial charge in [-0.1, -0.05) is 29.8 Å². The Morgan fingerprint density at radius 2 is 2.03 bits per heavy atom. The molecule has 0 unspecified atom stereocenters. The van der Waals surface area contributed by atoms with Crippen molar-refractivity contribution < 1.29 is 14.3 Å². The molecule has 0 fully saturated rings. The van der Waals surface area contributed by atoms with Crippen LogP contribution >= 0.6 is 22.9 Å². The number of benzene rings is 1. The molecule has 174 valence electrons. The quantitative estimate of drug-likeness (QED) is 0.277. The number of rotatable bonds is 6. The smallest absolute Gasteiger partial charge is 0.341 e. The second-order valence-electron chi connectivity index (χ2n) is 7.80. The Labute approximate surface area is 206 Å². The molecular weight excluding hydrogens is 472 g/mol. The highest BCUT2D eigenvalue weighted by Gasteiger charge is 2.28. The number of fused-ring (bicyclic) bond motifs is 1. The second kappa shape index (κ2) is 10.2. The number of hydrogen-bond donors (Lipinski definition) is 1. The van der Waals surface area contributed by atoms with Gasteiger partial charge in [-0.3, -0.25) is 4.79 Å². The van der Waals surface area contributed by atoms with Crippen LogP contribution in [0.4, 0.5) is 5.00 Å². The number of hydrogen-bond acceptors (Lipinski definition) is 6.